The van der Waals surface area contributed by atoms with Gasteiger partial charge in [0.25, 0.3) is 5.91 Å². The first-order valence-corrected chi connectivity index (χ1v) is 12.1. The Morgan fingerprint density at radius 3 is 1.81 bits per heavy atom. The summed E-state index contributed by atoms with van der Waals surface area (Å²) >= 11 is 0. The van der Waals surface area contributed by atoms with Crippen molar-refractivity contribution in [2.24, 2.45) is 0 Å². The lowest BCUT2D eigenvalue weighted by molar-refractivity contribution is -0.174. The van der Waals surface area contributed by atoms with Crippen LogP contribution in [0.15, 0.2) is 48.5 Å². The van der Waals surface area contributed by atoms with Crippen LogP contribution < -0.4 is 9.47 Å². The van der Waals surface area contributed by atoms with Gasteiger partial charge in [-0.05, 0) is 49.2 Å². The molecule has 2 aromatic rings. The predicted molar refractivity (Wildman–Crippen MR) is 120 cm³/mol. The quantitative estimate of drug-likeness (QED) is 0.357. The molecule has 1 saturated heterocycles. The van der Waals surface area contributed by atoms with Gasteiger partial charge in [0.05, 0.1) is 33.5 Å². The number of β-lactam (4-membered cyclic amide) rings is 1. The Hall–Kier alpha value is -2.38. The van der Waals surface area contributed by atoms with Gasteiger partial charge in [-0.15, -0.1) is 0 Å². The molecule has 1 unspecified atom stereocenters. The van der Waals surface area contributed by atoms with Crippen LogP contribution in [0.5, 0.6) is 11.5 Å². The maximum atomic E-state index is 14.0. The molecule has 0 spiro atoms. The fourth-order valence-corrected chi connectivity index (χ4v) is 6.11. The van der Waals surface area contributed by atoms with Crippen LogP contribution in [-0.2, 0) is 23.1 Å². The van der Waals surface area contributed by atoms with E-state index in [9.17, 15) is 9.36 Å². The van der Waals surface area contributed by atoms with E-state index in [1.165, 1.54) is 7.11 Å². The van der Waals surface area contributed by atoms with Crippen molar-refractivity contribution in [3.05, 3.63) is 59.7 Å². The van der Waals surface area contributed by atoms with Gasteiger partial charge < -0.3 is 28.2 Å². The monoisotopic (exact) mass is 463 g/mol. The average Bonchev–Trinajstić information content (AvgIpc) is 2.81. The molecule has 1 aliphatic heterocycles. The Morgan fingerprint density at radius 2 is 1.38 bits per heavy atom. The minimum Gasteiger partial charge on any atom is -0.497 e. The topological polar surface area (TPSA) is 83.5 Å². The summed E-state index contributed by atoms with van der Waals surface area (Å²) in [7, 11) is 0.888. The number of hydrogen-bond acceptors (Lipinski definition) is 7. The van der Waals surface area contributed by atoms with E-state index < -0.39 is 25.5 Å². The summed E-state index contributed by atoms with van der Waals surface area (Å²) in [5.74, 6) is 0.112. The number of ether oxygens (including phenoxy) is 3. The fraction of sp³-hybridized carbons (Fsp3) is 0.435. The number of methoxy groups -OCH3 is 3. The molecule has 8 nitrogen and oxygen atoms in total. The zero-order valence-electron chi connectivity index (χ0n) is 19.0. The third kappa shape index (κ3) is 4.55. The van der Waals surface area contributed by atoms with Crippen LogP contribution in [0, 0.1) is 0 Å². The highest BCUT2D eigenvalue weighted by Gasteiger charge is 2.57. The molecule has 0 N–H and O–H groups in total. The molecule has 1 aliphatic rings. The Morgan fingerprint density at radius 1 is 0.875 bits per heavy atom. The maximum Gasteiger partial charge on any atom is 0.357 e. The molecule has 32 heavy (non-hydrogen) atoms. The van der Waals surface area contributed by atoms with Crippen LogP contribution in [0.4, 0.5) is 0 Å². The molecule has 2 aromatic carbocycles. The minimum absolute atomic E-state index is 0.173. The summed E-state index contributed by atoms with van der Waals surface area (Å²) in [6, 6.07) is 13.9. The van der Waals surface area contributed by atoms with Crippen LogP contribution in [0.3, 0.4) is 0 Å². The molecule has 3 atom stereocenters. The molecule has 9 heteroatoms. The standard InChI is InChI=1S/C23H30NO7P/c1-6-30-32(26,31-7-2)23(17-10-14-19(28-4)15-11-17)24-20(21(29-5)22(24)25)16-8-12-18(27-3)13-9-16/h8-15,20-21,23H,6-7H2,1-5H3/t20-,21+,23?/m0/s1. The van der Waals surface area contributed by atoms with Crippen LogP contribution in [0.1, 0.15) is 36.8 Å². The number of amides is 1. The Labute approximate surface area is 188 Å². The highest BCUT2D eigenvalue weighted by atomic mass is 31.2. The lowest BCUT2D eigenvalue weighted by Gasteiger charge is -2.51. The number of nitrogens with zero attached hydrogens (tertiary/aromatic N) is 1. The van der Waals surface area contributed by atoms with Gasteiger partial charge in [0.15, 0.2) is 11.9 Å². The molecule has 1 amide bonds. The molecule has 174 valence electrons. The molecule has 0 radical (unpaired) electrons. The van der Waals surface area contributed by atoms with Crippen molar-refractivity contribution in [2.75, 3.05) is 34.5 Å². The number of carbonyl (C=O) groups is 1. The summed E-state index contributed by atoms with van der Waals surface area (Å²) in [6.07, 6.45) is -0.708. The minimum atomic E-state index is -3.76. The van der Waals surface area contributed by atoms with E-state index >= 15 is 0 Å². The van der Waals surface area contributed by atoms with E-state index in [1.54, 1.807) is 57.2 Å². The molecule has 0 aromatic heterocycles. The Bertz CT molecular complexity index is 938. The van der Waals surface area contributed by atoms with Crippen molar-refractivity contribution in [2.45, 2.75) is 31.8 Å². The lowest BCUT2D eigenvalue weighted by Crippen LogP contribution is -2.60. The van der Waals surface area contributed by atoms with Gasteiger partial charge in [-0.2, -0.15) is 0 Å². The second-order valence-electron chi connectivity index (χ2n) is 7.14. The lowest BCUT2D eigenvalue weighted by atomic mass is 9.89. The number of likely N-dealkylation sites (tertiary alicyclic amines) is 1. The molecule has 0 bridgehead atoms. The first-order chi connectivity index (χ1) is 15.4. The van der Waals surface area contributed by atoms with Gasteiger partial charge in [0, 0.05) is 7.11 Å². The third-order valence-electron chi connectivity index (χ3n) is 5.39. The second kappa shape index (κ2) is 10.5. The molecular formula is C23H30NO7P. The van der Waals surface area contributed by atoms with E-state index in [0.717, 1.165) is 5.56 Å². The normalized spacial score (nSPS) is 19.4. The van der Waals surface area contributed by atoms with Gasteiger partial charge in [0.2, 0.25) is 0 Å². The Kier molecular flexibility index (Phi) is 7.96. The van der Waals surface area contributed by atoms with Crippen molar-refractivity contribution in [1.29, 1.82) is 0 Å². The number of benzene rings is 2. The largest absolute Gasteiger partial charge is 0.497 e. The van der Waals surface area contributed by atoms with Gasteiger partial charge in [-0.25, -0.2) is 0 Å². The summed E-state index contributed by atoms with van der Waals surface area (Å²) < 4.78 is 41.4. The molecule has 0 saturated carbocycles. The van der Waals surface area contributed by atoms with Gasteiger partial charge in [0.1, 0.15) is 11.5 Å². The van der Waals surface area contributed by atoms with E-state index in [0.29, 0.717) is 17.1 Å². The SMILES string of the molecule is CCOP(=O)(OCC)C(c1ccc(OC)cc1)N1C(=O)[C@H](OC)[C@@H]1c1ccc(OC)cc1. The number of carbonyl (C=O) groups excluding carboxylic acids is 1. The summed E-state index contributed by atoms with van der Waals surface area (Å²) in [6.45, 7) is 3.83. The van der Waals surface area contributed by atoms with Crippen molar-refractivity contribution in [3.8, 4) is 11.5 Å². The molecule has 1 fully saturated rings. The summed E-state index contributed by atoms with van der Waals surface area (Å²) in [5.41, 5.74) is 1.45. The van der Waals surface area contributed by atoms with Gasteiger partial charge in [-0.1, -0.05) is 24.3 Å². The zero-order valence-corrected chi connectivity index (χ0v) is 19.9. The van der Waals surface area contributed by atoms with Crippen LogP contribution >= 0.6 is 7.60 Å². The number of hydrogen-bond donors (Lipinski definition) is 0. The summed E-state index contributed by atoms with van der Waals surface area (Å²) in [4.78, 5) is 14.8. The van der Waals surface area contributed by atoms with Gasteiger partial charge in [-0.3, -0.25) is 9.36 Å². The number of rotatable bonds is 11. The molecule has 3 rings (SSSR count). The predicted octanol–water partition coefficient (Wildman–Crippen LogP) is 4.57. The van der Waals surface area contributed by atoms with Gasteiger partial charge >= 0.3 is 7.60 Å². The fourth-order valence-electron chi connectivity index (χ4n) is 3.93. The molecule has 1 heterocycles. The van der Waals surface area contributed by atoms with Crippen LogP contribution in [0.25, 0.3) is 0 Å². The Balaban J connectivity index is 2.11. The smallest absolute Gasteiger partial charge is 0.357 e. The highest BCUT2D eigenvalue weighted by molar-refractivity contribution is 7.54. The summed E-state index contributed by atoms with van der Waals surface area (Å²) in [5, 5.41) is 0. The van der Waals surface area contributed by atoms with Crippen LogP contribution in [0.2, 0.25) is 0 Å². The van der Waals surface area contributed by atoms with Crippen molar-refractivity contribution in [3.63, 3.8) is 0 Å². The van der Waals surface area contributed by atoms with E-state index in [1.807, 2.05) is 24.3 Å². The van der Waals surface area contributed by atoms with Crippen molar-refractivity contribution >= 4 is 13.5 Å². The second-order valence-corrected chi connectivity index (χ2v) is 9.23. The van der Waals surface area contributed by atoms with Crippen molar-refractivity contribution in [1.82, 2.24) is 4.90 Å². The first-order valence-electron chi connectivity index (χ1n) is 10.5. The highest BCUT2D eigenvalue weighted by Crippen LogP contribution is 2.65. The first kappa shape index (κ1) is 24.3. The van der Waals surface area contributed by atoms with E-state index in [2.05, 4.69) is 0 Å². The maximum absolute atomic E-state index is 14.0. The zero-order chi connectivity index (χ0) is 23.3. The molecule has 0 aliphatic carbocycles. The van der Waals surface area contributed by atoms with E-state index in [4.69, 9.17) is 23.3 Å². The van der Waals surface area contributed by atoms with Crippen LogP contribution in [-0.4, -0.2) is 51.5 Å². The molecular weight excluding hydrogens is 433 g/mol. The van der Waals surface area contributed by atoms with Crippen molar-refractivity contribution < 1.29 is 32.6 Å². The average molecular weight is 463 g/mol. The van der Waals surface area contributed by atoms with E-state index in [-0.39, 0.29) is 19.1 Å². The third-order valence-corrected chi connectivity index (χ3v) is 7.77.